The molecule has 0 unspecified atom stereocenters. The molecule has 8 aromatic carbocycles. The molecule has 238 valence electrons. The van der Waals surface area contributed by atoms with E-state index in [9.17, 15) is 0 Å². The summed E-state index contributed by atoms with van der Waals surface area (Å²) in [5.41, 5.74) is 9.08. The summed E-state index contributed by atoms with van der Waals surface area (Å²) < 4.78 is 6.71. The summed E-state index contributed by atoms with van der Waals surface area (Å²) in [6.07, 6.45) is 0. The van der Waals surface area contributed by atoms with Gasteiger partial charge in [-0.25, -0.2) is 15.0 Å². The number of nitrogens with zero attached hydrogens (tertiary/aromatic N) is 3. The lowest BCUT2D eigenvalue weighted by Gasteiger charge is -2.11. The molecule has 0 spiro atoms. The maximum atomic E-state index is 6.71. The molecule has 0 radical (unpaired) electrons. The molecule has 4 nitrogen and oxygen atoms in total. The van der Waals surface area contributed by atoms with Crippen LogP contribution in [0, 0.1) is 0 Å². The third-order valence-corrected chi connectivity index (χ3v) is 9.70. The smallest absolute Gasteiger partial charge is 0.164 e. The quantitative estimate of drug-likeness (QED) is 0.186. The Morgan fingerprint density at radius 3 is 1.69 bits per heavy atom. The largest absolute Gasteiger partial charge is 0.455 e. The van der Waals surface area contributed by atoms with E-state index < -0.39 is 0 Å². The Balaban J connectivity index is 1.21. The monoisotopic (exact) mass is 651 g/mol. The van der Waals surface area contributed by atoms with Gasteiger partial charge in [0.25, 0.3) is 0 Å². The lowest BCUT2D eigenvalue weighted by Crippen LogP contribution is -2.00. The van der Waals surface area contributed by atoms with E-state index in [0.717, 1.165) is 60.5 Å². The first-order chi connectivity index (χ1) is 25.3. The molecule has 2 heterocycles. The van der Waals surface area contributed by atoms with Gasteiger partial charge in [0.05, 0.1) is 0 Å². The predicted molar refractivity (Wildman–Crippen MR) is 209 cm³/mol. The topological polar surface area (TPSA) is 51.8 Å². The molecule has 0 fully saturated rings. The second-order valence-electron chi connectivity index (χ2n) is 12.8. The SMILES string of the molecule is c1ccc(-c2nc(-c3ccccc3)nc(-c3cc4c(oc5cccc(-c6cccc(-c7ccc8ccccc8c7)c6)c54)c4ccccc34)n2)cc1. The third kappa shape index (κ3) is 5.04. The maximum absolute atomic E-state index is 6.71. The fourth-order valence-corrected chi connectivity index (χ4v) is 7.24. The number of hydrogen-bond donors (Lipinski definition) is 0. The molecule has 0 saturated heterocycles. The van der Waals surface area contributed by atoms with Crippen molar-refractivity contribution in [1.82, 2.24) is 15.0 Å². The van der Waals surface area contributed by atoms with Crippen LogP contribution in [0.1, 0.15) is 0 Å². The van der Waals surface area contributed by atoms with Crippen molar-refractivity contribution in [2.24, 2.45) is 0 Å². The molecular formula is C47H29N3O. The van der Waals surface area contributed by atoms with Crippen LogP contribution in [0.4, 0.5) is 0 Å². The number of rotatable bonds is 5. The fourth-order valence-electron chi connectivity index (χ4n) is 7.24. The molecule has 0 aliphatic carbocycles. The normalized spacial score (nSPS) is 11.5. The Hall–Kier alpha value is -6.91. The zero-order valence-electron chi connectivity index (χ0n) is 27.5. The van der Waals surface area contributed by atoms with E-state index in [4.69, 9.17) is 19.4 Å². The van der Waals surface area contributed by atoms with Crippen LogP contribution >= 0.6 is 0 Å². The molecule has 51 heavy (non-hydrogen) atoms. The Kier molecular flexibility index (Phi) is 6.78. The summed E-state index contributed by atoms with van der Waals surface area (Å²) in [5.74, 6) is 1.88. The fraction of sp³-hybridized carbons (Fsp3) is 0. The van der Waals surface area contributed by atoms with Gasteiger partial charge in [0.1, 0.15) is 11.2 Å². The highest BCUT2D eigenvalue weighted by Crippen LogP contribution is 2.43. The van der Waals surface area contributed by atoms with Gasteiger partial charge in [0.15, 0.2) is 17.5 Å². The third-order valence-electron chi connectivity index (χ3n) is 9.70. The van der Waals surface area contributed by atoms with Gasteiger partial charge in [0.2, 0.25) is 0 Å². The van der Waals surface area contributed by atoms with Crippen molar-refractivity contribution in [1.29, 1.82) is 0 Å². The lowest BCUT2D eigenvalue weighted by atomic mass is 9.93. The van der Waals surface area contributed by atoms with Crippen LogP contribution in [-0.2, 0) is 0 Å². The van der Waals surface area contributed by atoms with Gasteiger partial charge < -0.3 is 4.42 Å². The van der Waals surface area contributed by atoms with Crippen molar-refractivity contribution >= 4 is 43.5 Å². The lowest BCUT2D eigenvalue weighted by molar-refractivity contribution is 0.673. The second kappa shape index (κ2) is 11.9. The van der Waals surface area contributed by atoms with Gasteiger partial charge in [-0.2, -0.15) is 0 Å². The van der Waals surface area contributed by atoms with Crippen LogP contribution in [-0.4, -0.2) is 15.0 Å². The van der Waals surface area contributed by atoms with Crippen LogP contribution in [0.15, 0.2) is 180 Å². The van der Waals surface area contributed by atoms with Crippen LogP contribution < -0.4 is 0 Å². The van der Waals surface area contributed by atoms with E-state index in [1.807, 2.05) is 60.7 Å². The van der Waals surface area contributed by atoms with Gasteiger partial charge in [0, 0.05) is 32.8 Å². The van der Waals surface area contributed by atoms with Crippen LogP contribution in [0.3, 0.4) is 0 Å². The Morgan fingerprint density at radius 2 is 0.922 bits per heavy atom. The van der Waals surface area contributed by atoms with Crippen molar-refractivity contribution in [3.63, 3.8) is 0 Å². The average molecular weight is 652 g/mol. The summed E-state index contributed by atoms with van der Waals surface area (Å²) in [6.45, 7) is 0. The van der Waals surface area contributed by atoms with Crippen molar-refractivity contribution in [3.8, 4) is 56.4 Å². The van der Waals surface area contributed by atoms with Gasteiger partial charge >= 0.3 is 0 Å². The number of fused-ring (bicyclic) bond motifs is 6. The Morgan fingerprint density at radius 1 is 0.333 bits per heavy atom. The number of benzene rings is 8. The molecule has 0 atom stereocenters. The highest BCUT2D eigenvalue weighted by atomic mass is 16.3. The van der Waals surface area contributed by atoms with E-state index in [1.54, 1.807) is 0 Å². The van der Waals surface area contributed by atoms with E-state index >= 15 is 0 Å². The minimum atomic E-state index is 0.617. The Bertz CT molecular complexity index is 2860. The van der Waals surface area contributed by atoms with Gasteiger partial charge in [-0.1, -0.05) is 152 Å². The molecule has 10 aromatic rings. The minimum Gasteiger partial charge on any atom is -0.455 e. The van der Waals surface area contributed by atoms with E-state index in [2.05, 4.69) is 115 Å². The summed E-state index contributed by atoms with van der Waals surface area (Å²) in [6, 6.07) is 61.1. The average Bonchev–Trinajstić information content (AvgIpc) is 3.60. The standard InChI is InChI=1S/C47H29N3O/c1-3-14-31(15-4-1)45-48-46(32-16-5-2-6-17-32)50-47(49-45)40-29-41-43-37(23-12-24-42(43)51-44(41)39-22-10-9-21-38(39)40)36-20-11-19-34(28-36)35-26-25-30-13-7-8-18-33(30)27-35/h1-29H. The van der Waals surface area contributed by atoms with Crippen molar-refractivity contribution < 1.29 is 4.42 Å². The molecule has 0 bridgehead atoms. The van der Waals surface area contributed by atoms with Gasteiger partial charge in [-0.3, -0.25) is 0 Å². The van der Waals surface area contributed by atoms with E-state index in [1.165, 1.54) is 21.9 Å². The highest BCUT2D eigenvalue weighted by molar-refractivity contribution is 6.22. The molecule has 10 rings (SSSR count). The zero-order chi connectivity index (χ0) is 33.7. The van der Waals surface area contributed by atoms with Crippen molar-refractivity contribution in [2.45, 2.75) is 0 Å². The molecule has 2 aromatic heterocycles. The van der Waals surface area contributed by atoms with Crippen molar-refractivity contribution in [3.05, 3.63) is 176 Å². The van der Waals surface area contributed by atoms with Gasteiger partial charge in [-0.15, -0.1) is 0 Å². The zero-order valence-corrected chi connectivity index (χ0v) is 27.5. The Labute approximate surface area is 294 Å². The van der Waals surface area contributed by atoms with Crippen LogP contribution in [0.25, 0.3) is 99.9 Å². The first kappa shape index (κ1) is 29.0. The van der Waals surface area contributed by atoms with E-state index in [-0.39, 0.29) is 0 Å². The van der Waals surface area contributed by atoms with E-state index in [0.29, 0.717) is 17.5 Å². The summed E-state index contributed by atoms with van der Waals surface area (Å²) in [5, 5.41) is 6.59. The van der Waals surface area contributed by atoms with Crippen LogP contribution in [0.2, 0.25) is 0 Å². The number of furan rings is 1. The van der Waals surface area contributed by atoms with Crippen molar-refractivity contribution in [2.75, 3.05) is 0 Å². The molecule has 0 N–H and O–H groups in total. The molecule has 4 heteroatoms. The minimum absolute atomic E-state index is 0.617. The molecule has 0 aliphatic rings. The van der Waals surface area contributed by atoms with Crippen LogP contribution in [0.5, 0.6) is 0 Å². The number of aromatic nitrogens is 3. The highest BCUT2D eigenvalue weighted by Gasteiger charge is 2.20. The predicted octanol–water partition coefficient (Wildman–Crippen LogP) is 12.4. The second-order valence-corrected chi connectivity index (χ2v) is 12.8. The molecular weight excluding hydrogens is 623 g/mol. The summed E-state index contributed by atoms with van der Waals surface area (Å²) >= 11 is 0. The molecule has 0 saturated carbocycles. The summed E-state index contributed by atoms with van der Waals surface area (Å²) in [4.78, 5) is 15.2. The first-order valence-corrected chi connectivity index (χ1v) is 17.1. The molecule has 0 amide bonds. The maximum Gasteiger partial charge on any atom is 0.164 e. The van der Waals surface area contributed by atoms with Gasteiger partial charge in [-0.05, 0) is 62.7 Å². The first-order valence-electron chi connectivity index (χ1n) is 17.1. The summed E-state index contributed by atoms with van der Waals surface area (Å²) in [7, 11) is 0. The number of hydrogen-bond acceptors (Lipinski definition) is 4. The molecule has 0 aliphatic heterocycles.